The topological polar surface area (TPSA) is 69.9 Å². The highest BCUT2D eigenvalue weighted by molar-refractivity contribution is 5.86. The quantitative estimate of drug-likeness (QED) is 0.487. The van der Waals surface area contributed by atoms with Crippen molar-refractivity contribution in [3.8, 4) is 17.5 Å². The number of aryl methyl sites for hydroxylation is 1. The number of carbonyl (C=O) groups excluding carboxylic acids is 1. The zero-order valence-corrected chi connectivity index (χ0v) is 15.7. The van der Waals surface area contributed by atoms with Gasteiger partial charge < -0.3 is 4.74 Å². The van der Waals surface area contributed by atoms with Crippen LogP contribution in [0.2, 0.25) is 0 Å². The molecule has 0 aliphatic rings. The van der Waals surface area contributed by atoms with Gasteiger partial charge in [0.2, 0.25) is 5.82 Å². The summed E-state index contributed by atoms with van der Waals surface area (Å²) in [4.78, 5) is 23.9. The third-order valence-electron chi connectivity index (χ3n) is 4.01. The molecule has 0 aromatic carbocycles. The van der Waals surface area contributed by atoms with Crippen LogP contribution in [0.4, 0.5) is 13.2 Å². The standard InChI is InChI=1S/C20H15F3N4O2/c1-12-4-6-15(11-25-12)27-13(2)16(26-18(27)19(28)29-3)7-5-14-8-9-24-17(10-14)20(21,22)23/h4,6,8-11H,1-3H3. The fraction of sp³-hybridized carbons (Fsp3) is 0.200. The molecule has 0 amide bonds. The Labute approximate surface area is 164 Å². The molecule has 0 N–H and O–H groups in total. The molecule has 0 radical (unpaired) electrons. The van der Waals surface area contributed by atoms with E-state index in [1.165, 1.54) is 17.7 Å². The van der Waals surface area contributed by atoms with Gasteiger partial charge in [0.25, 0.3) is 0 Å². The first kappa shape index (κ1) is 20.1. The molecule has 0 spiro atoms. The van der Waals surface area contributed by atoms with Gasteiger partial charge in [-0.3, -0.25) is 14.5 Å². The van der Waals surface area contributed by atoms with E-state index in [4.69, 9.17) is 4.74 Å². The van der Waals surface area contributed by atoms with E-state index in [1.807, 2.05) is 6.92 Å². The summed E-state index contributed by atoms with van der Waals surface area (Å²) in [7, 11) is 1.23. The zero-order valence-electron chi connectivity index (χ0n) is 15.7. The molecule has 3 rings (SSSR count). The van der Waals surface area contributed by atoms with Crippen LogP contribution in [0.1, 0.15) is 39.0 Å². The molecule has 0 saturated carbocycles. The van der Waals surface area contributed by atoms with Crippen molar-refractivity contribution in [2.45, 2.75) is 20.0 Å². The van der Waals surface area contributed by atoms with E-state index in [2.05, 4.69) is 26.8 Å². The maximum atomic E-state index is 12.8. The van der Waals surface area contributed by atoms with Crippen molar-refractivity contribution in [1.29, 1.82) is 0 Å². The minimum absolute atomic E-state index is 0.00865. The molecule has 0 unspecified atom stereocenters. The Bertz CT molecular complexity index is 1120. The Morgan fingerprint density at radius 1 is 1.14 bits per heavy atom. The van der Waals surface area contributed by atoms with Crippen molar-refractivity contribution in [1.82, 2.24) is 19.5 Å². The molecule has 0 aliphatic carbocycles. The summed E-state index contributed by atoms with van der Waals surface area (Å²) in [6.07, 6.45) is -1.95. The van der Waals surface area contributed by atoms with Crippen LogP contribution in [0.25, 0.3) is 5.69 Å². The fourth-order valence-corrected chi connectivity index (χ4v) is 2.55. The van der Waals surface area contributed by atoms with Gasteiger partial charge in [0.1, 0.15) is 11.4 Å². The Morgan fingerprint density at radius 3 is 2.52 bits per heavy atom. The number of carbonyl (C=O) groups is 1. The van der Waals surface area contributed by atoms with E-state index in [0.717, 1.165) is 18.0 Å². The van der Waals surface area contributed by atoms with E-state index in [9.17, 15) is 18.0 Å². The molecule has 0 fully saturated rings. The Hall–Kier alpha value is -3.67. The van der Waals surface area contributed by atoms with Crippen molar-refractivity contribution >= 4 is 5.97 Å². The average Bonchev–Trinajstić information content (AvgIpc) is 3.02. The fourth-order valence-electron chi connectivity index (χ4n) is 2.55. The van der Waals surface area contributed by atoms with Gasteiger partial charge in [-0.2, -0.15) is 13.2 Å². The molecule has 6 nitrogen and oxygen atoms in total. The van der Waals surface area contributed by atoms with Crippen LogP contribution in [-0.2, 0) is 10.9 Å². The van der Waals surface area contributed by atoms with Crippen LogP contribution in [0, 0.1) is 25.7 Å². The lowest BCUT2D eigenvalue weighted by atomic mass is 10.2. The number of hydrogen-bond acceptors (Lipinski definition) is 5. The molecule has 9 heteroatoms. The van der Waals surface area contributed by atoms with Gasteiger partial charge in [-0.15, -0.1) is 0 Å². The Balaban J connectivity index is 2.08. The molecule has 3 aromatic heterocycles. The SMILES string of the molecule is COC(=O)c1nc(C#Cc2ccnc(C(F)(F)F)c2)c(C)n1-c1ccc(C)nc1. The molecule has 0 aliphatic heterocycles. The summed E-state index contributed by atoms with van der Waals surface area (Å²) in [5.74, 6) is 4.68. The summed E-state index contributed by atoms with van der Waals surface area (Å²) >= 11 is 0. The lowest BCUT2D eigenvalue weighted by Crippen LogP contribution is -2.11. The molecule has 3 aromatic rings. The minimum Gasteiger partial charge on any atom is -0.463 e. The molecular weight excluding hydrogens is 385 g/mol. The average molecular weight is 400 g/mol. The van der Waals surface area contributed by atoms with Gasteiger partial charge in [-0.05, 0) is 44.0 Å². The summed E-state index contributed by atoms with van der Waals surface area (Å²) in [5.41, 5.74) is 1.22. The van der Waals surface area contributed by atoms with E-state index in [1.54, 1.807) is 25.3 Å². The number of nitrogens with zero attached hydrogens (tertiary/aromatic N) is 4. The largest absolute Gasteiger partial charge is 0.463 e. The number of imidazole rings is 1. The van der Waals surface area contributed by atoms with Crippen molar-refractivity contribution in [2.24, 2.45) is 0 Å². The second-order valence-corrected chi connectivity index (χ2v) is 6.03. The van der Waals surface area contributed by atoms with Crippen LogP contribution in [0.3, 0.4) is 0 Å². The van der Waals surface area contributed by atoms with Gasteiger partial charge in [-0.1, -0.05) is 5.92 Å². The highest BCUT2D eigenvalue weighted by Crippen LogP contribution is 2.27. The Morgan fingerprint density at radius 2 is 1.90 bits per heavy atom. The molecule has 3 heterocycles. The number of methoxy groups -OCH3 is 1. The van der Waals surface area contributed by atoms with E-state index >= 15 is 0 Å². The number of rotatable bonds is 2. The van der Waals surface area contributed by atoms with E-state index < -0.39 is 17.8 Å². The monoisotopic (exact) mass is 400 g/mol. The summed E-state index contributed by atoms with van der Waals surface area (Å²) in [5, 5.41) is 0. The second kappa shape index (κ2) is 7.75. The summed E-state index contributed by atoms with van der Waals surface area (Å²) < 4.78 is 44.8. The summed E-state index contributed by atoms with van der Waals surface area (Å²) in [6.45, 7) is 3.52. The van der Waals surface area contributed by atoms with Crippen LogP contribution in [0.5, 0.6) is 0 Å². The third kappa shape index (κ3) is 4.27. The minimum atomic E-state index is -4.56. The smallest absolute Gasteiger partial charge is 0.433 e. The predicted molar refractivity (Wildman–Crippen MR) is 97.4 cm³/mol. The predicted octanol–water partition coefficient (Wildman–Crippen LogP) is 3.48. The molecular formula is C20H15F3N4O2. The first-order valence-corrected chi connectivity index (χ1v) is 8.36. The van der Waals surface area contributed by atoms with Crippen LogP contribution >= 0.6 is 0 Å². The van der Waals surface area contributed by atoms with Gasteiger partial charge in [0.05, 0.1) is 24.7 Å². The number of aromatic nitrogens is 4. The van der Waals surface area contributed by atoms with Crippen LogP contribution in [0.15, 0.2) is 36.7 Å². The lowest BCUT2D eigenvalue weighted by Gasteiger charge is -2.08. The lowest BCUT2D eigenvalue weighted by molar-refractivity contribution is -0.141. The molecule has 0 bridgehead atoms. The zero-order chi connectivity index (χ0) is 21.2. The van der Waals surface area contributed by atoms with Crippen LogP contribution < -0.4 is 0 Å². The number of esters is 1. The molecule has 148 valence electrons. The van der Waals surface area contributed by atoms with Crippen molar-refractivity contribution in [3.63, 3.8) is 0 Å². The highest BCUT2D eigenvalue weighted by atomic mass is 19.4. The van der Waals surface area contributed by atoms with Crippen molar-refractivity contribution in [3.05, 3.63) is 70.8 Å². The van der Waals surface area contributed by atoms with Gasteiger partial charge in [-0.25, -0.2) is 9.78 Å². The normalized spacial score (nSPS) is 11.0. The number of hydrogen-bond donors (Lipinski definition) is 0. The van der Waals surface area contributed by atoms with Gasteiger partial charge >= 0.3 is 12.1 Å². The number of ether oxygens (including phenoxy) is 1. The maximum Gasteiger partial charge on any atom is 0.433 e. The number of alkyl halides is 3. The first-order valence-electron chi connectivity index (χ1n) is 8.36. The molecule has 0 atom stereocenters. The maximum absolute atomic E-state index is 12.8. The second-order valence-electron chi connectivity index (χ2n) is 6.03. The Kier molecular flexibility index (Phi) is 5.37. The van der Waals surface area contributed by atoms with Crippen LogP contribution in [-0.4, -0.2) is 32.6 Å². The van der Waals surface area contributed by atoms with Crippen molar-refractivity contribution < 1.29 is 22.7 Å². The molecule has 29 heavy (non-hydrogen) atoms. The van der Waals surface area contributed by atoms with Gasteiger partial charge in [0.15, 0.2) is 0 Å². The molecule has 0 saturated heterocycles. The number of pyridine rings is 2. The van der Waals surface area contributed by atoms with E-state index in [0.29, 0.717) is 11.4 Å². The van der Waals surface area contributed by atoms with E-state index in [-0.39, 0.29) is 17.1 Å². The first-order chi connectivity index (χ1) is 13.7. The number of halogens is 3. The highest BCUT2D eigenvalue weighted by Gasteiger charge is 2.32. The van der Waals surface area contributed by atoms with Crippen molar-refractivity contribution in [2.75, 3.05) is 7.11 Å². The third-order valence-corrected chi connectivity index (χ3v) is 4.01. The summed E-state index contributed by atoms with van der Waals surface area (Å²) in [6, 6.07) is 5.75. The van der Waals surface area contributed by atoms with Gasteiger partial charge in [0, 0.05) is 17.5 Å².